The van der Waals surface area contributed by atoms with E-state index in [1.807, 2.05) is 15.6 Å². The minimum absolute atomic E-state index is 0.111. The average molecular weight is 369 g/mol. The van der Waals surface area contributed by atoms with Crippen LogP contribution in [-0.2, 0) is 4.79 Å². The fourth-order valence-corrected chi connectivity index (χ4v) is 4.68. The molecule has 2 aliphatic heterocycles. The summed E-state index contributed by atoms with van der Waals surface area (Å²) in [6.45, 7) is 2.63. The highest BCUT2D eigenvalue weighted by Crippen LogP contribution is 2.37. The molecule has 1 saturated carbocycles. The van der Waals surface area contributed by atoms with Crippen molar-refractivity contribution in [2.24, 2.45) is 0 Å². The molecule has 7 heteroatoms. The van der Waals surface area contributed by atoms with Gasteiger partial charge in [0.15, 0.2) is 11.4 Å². The number of anilines is 1. The standard InChI is InChI=1S/C20H27N5O2/c26-19(23-9-1-2-10-23)20(27)7-4-11-24(14-20)18-17-13-16(15-5-3-6-15)22-25(17)12-8-21-18/h8,12-13,15,27H,1-7,9-11,14H2. The summed E-state index contributed by atoms with van der Waals surface area (Å²) in [6, 6.07) is 2.14. The van der Waals surface area contributed by atoms with E-state index in [1.54, 1.807) is 6.20 Å². The molecule has 2 aromatic heterocycles. The molecule has 4 heterocycles. The van der Waals surface area contributed by atoms with E-state index in [0.29, 0.717) is 18.9 Å². The second-order valence-corrected chi connectivity index (χ2v) is 8.33. The Morgan fingerprint density at radius 3 is 2.70 bits per heavy atom. The zero-order chi connectivity index (χ0) is 18.4. The van der Waals surface area contributed by atoms with Crippen LogP contribution in [0, 0.1) is 0 Å². The molecule has 1 atom stereocenters. The summed E-state index contributed by atoms with van der Waals surface area (Å²) < 4.78 is 1.89. The Kier molecular flexibility index (Phi) is 4.07. The van der Waals surface area contributed by atoms with Crippen LogP contribution in [0.25, 0.3) is 5.52 Å². The molecule has 3 fully saturated rings. The molecular weight excluding hydrogens is 342 g/mol. The molecule has 3 aliphatic rings. The van der Waals surface area contributed by atoms with E-state index in [4.69, 9.17) is 5.10 Å². The fourth-order valence-electron chi connectivity index (χ4n) is 4.68. The van der Waals surface area contributed by atoms with Gasteiger partial charge in [-0.15, -0.1) is 0 Å². The summed E-state index contributed by atoms with van der Waals surface area (Å²) in [7, 11) is 0. The van der Waals surface area contributed by atoms with Gasteiger partial charge in [-0.05, 0) is 44.6 Å². The molecule has 1 unspecified atom stereocenters. The summed E-state index contributed by atoms with van der Waals surface area (Å²) in [6.07, 6.45) is 10.7. The highest BCUT2D eigenvalue weighted by molar-refractivity contribution is 5.86. The van der Waals surface area contributed by atoms with E-state index >= 15 is 0 Å². The minimum Gasteiger partial charge on any atom is -0.378 e. The maximum atomic E-state index is 12.9. The number of likely N-dealkylation sites (tertiary alicyclic amines) is 1. The Hall–Kier alpha value is -2.15. The molecule has 1 N–H and O–H groups in total. The van der Waals surface area contributed by atoms with Crippen molar-refractivity contribution in [3.63, 3.8) is 0 Å². The number of carbonyl (C=O) groups excluding carboxylic acids is 1. The third kappa shape index (κ3) is 2.88. The summed E-state index contributed by atoms with van der Waals surface area (Å²) in [5, 5.41) is 15.9. The van der Waals surface area contributed by atoms with Crippen LogP contribution in [0.15, 0.2) is 18.5 Å². The third-order valence-corrected chi connectivity index (χ3v) is 6.47. The second kappa shape index (κ2) is 6.48. The number of rotatable bonds is 3. The lowest BCUT2D eigenvalue weighted by Gasteiger charge is -2.40. The number of piperidine rings is 1. The Bertz CT molecular complexity index is 855. The number of aliphatic hydroxyl groups is 1. The Morgan fingerprint density at radius 1 is 1.15 bits per heavy atom. The molecule has 0 aromatic carbocycles. The van der Waals surface area contributed by atoms with E-state index in [2.05, 4.69) is 16.0 Å². The second-order valence-electron chi connectivity index (χ2n) is 8.33. The quantitative estimate of drug-likeness (QED) is 0.895. The molecule has 0 spiro atoms. The molecule has 5 rings (SSSR count). The van der Waals surface area contributed by atoms with Crippen LogP contribution in [0.1, 0.15) is 56.6 Å². The average Bonchev–Trinajstić information content (AvgIpc) is 3.29. The predicted octanol–water partition coefficient (Wildman–Crippen LogP) is 1.95. The SMILES string of the molecule is O=C(N1CCCC1)C1(O)CCCN(c2nccn3nc(C4CCC4)cc23)C1. The lowest BCUT2D eigenvalue weighted by Crippen LogP contribution is -2.58. The Morgan fingerprint density at radius 2 is 1.96 bits per heavy atom. The van der Waals surface area contributed by atoms with Crippen molar-refractivity contribution < 1.29 is 9.90 Å². The molecule has 0 radical (unpaired) electrons. The van der Waals surface area contributed by atoms with Gasteiger partial charge in [-0.3, -0.25) is 4.79 Å². The van der Waals surface area contributed by atoms with Gasteiger partial charge in [-0.1, -0.05) is 6.42 Å². The van der Waals surface area contributed by atoms with Gasteiger partial charge in [-0.2, -0.15) is 5.10 Å². The number of fused-ring (bicyclic) bond motifs is 1. The van der Waals surface area contributed by atoms with Crippen LogP contribution < -0.4 is 4.90 Å². The zero-order valence-electron chi connectivity index (χ0n) is 15.7. The number of β-amino-alcohol motifs (C(OH)–C–C–N with tert-alkyl or cyclic N) is 1. The molecule has 2 saturated heterocycles. The van der Waals surface area contributed by atoms with Gasteiger partial charge in [0.1, 0.15) is 5.52 Å². The first-order chi connectivity index (χ1) is 13.1. The molecule has 1 amide bonds. The molecular formula is C20H27N5O2. The molecule has 27 heavy (non-hydrogen) atoms. The van der Waals surface area contributed by atoms with E-state index in [1.165, 1.54) is 19.3 Å². The van der Waals surface area contributed by atoms with Crippen molar-refractivity contribution in [1.82, 2.24) is 19.5 Å². The fraction of sp³-hybridized carbons (Fsp3) is 0.650. The number of amides is 1. The molecule has 7 nitrogen and oxygen atoms in total. The van der Waals surface area contributed by atoms with Crippen LogP contribution in [0.5, 0.6) is 0 Å². The Labute approximate surface area is 159 Å². The largest absolute Gasteiger partial charge is 0.378 e. The first-order valence-corrected chi connectivity index (χ1v) is 10.3. The van der Waals surface area contributed by atoms with Gasteiger partial charge in [-0.25, -0.2) is 9.50 Å². The molecule has 2 aromatic rings. The highest BCUT2D eigenvalue weighted by atomic mass is 16.3. The molecule has 0 bridgehead atoms. The lowest BCUT2D eigenvalue weighted by molar-refractivity contribution is -0.151. The number of carbonyl (C=O) groups is 1. The number of hydrogen-bond acceptors (Lipinski definition) is 5. The number of nitrogens with zero attached hydrogens (tertiary/aromatic N) is 5. The van der Waals surface area contributed by atoms with E-state index in [9.17, 15) is 9.90 Å². The predicted molar refractivity (Wildman–Crippen MR) is 102 cm³/mol. The Balaban J connectivity index is 1.43. The van der Waals surface area contributed by atoms with Crippen molar-refractivity contribution in [3.8, 4) is 0 Å². The third-order valence-electron chi connectivity index (χ3n) is 6.47. The zero-order valence-corrected chi connectivity index (χ0v) is 15.7. The van der Waals surface area contributed by atoms with Gasteiger partial charge < -0.3 is 14.9 Å². The van der Waals surface area contributed by atoms with Gasteiger partial charge in [0.05, 0.1) is 12.2 Å². The van der Waals surface area contributed by atoms with Crippen molar-refractivity contribution in [2.75, 3.05) is 31.1 Å². The number of aromatic nitrogens is 3. The van der Waals surface area contributed by atoms with Crippen LogP contribution in [-0.4, -0.2) is 62.3 Å². The maximum absolute atomic E-state index is 12.9. The molecule has 1 aliphatic carbocycles. The van der Waals surface area contributed by atoms with Crippen LogP contribution in [0.3, 0.4) is 0 Å². The van der Waals surface area contributed by atoms with E-state index in [-0.39, 0.29) is 5.91 Å². The van der Waals surface area contributed by atoms with Gasteiger partial charge in [0, 0.05) is 37.9 Å². The minimum atomic E-state index is -1.31. The van der Waals surface area contributed by atoms with Crippen molar-refractivity contribution in [3.05, 3.63) is 24.2 Å². The van der Waals surface area contributed by atoms with Gasteiger partial charge in [0.2, 0.25) is 0 Å². The first-order valence-electron chi connectivity index (χ1n) is 10.3. The summed E-state index contributed by atoms with van der Waals surface area (Å²) >= 11 is 0. The monoisotopic (exact) mass is 369 g/mol. The van der Waals surface area contributed by atoms with Crippen molar-refractivity contribution >= 4 is 17.2 Å². The van der Waals surface area contributed by atoms with E-state index in [0.717, 1.165) is 55.9 Å². The normalized spacial score (nSPS) is 26.6. The lowest BCUT2D eigenvalue weighted by atomic mass is 9.83. The first kappa shape index (κ1) is 17.0. The topological polar surface area (TPSA) is 74.0 Å². The summed E-state index contributed by atoms with van der Waals surface area (Å²) in [4.78, 5) is 21.4. The van der Waals surface area contributed by atoms with Crippen LogP contribution >= 0.6 is 0 Å². The summed E-state index contributed by atoms with van der Waals surface area (Å²) in [5.74, 6) is 1.27. The summed E-state index contributed by atoms with van der Waals surface area (Å²) in [5.41, 5.74) is 0.793. The van der Waals surface area contributed by atoms with Gasteiger partial charge >= 0.3 is 0 Å². The highest BCUT2D eigenvalue weighted by Gasteiger charge is 2.44. The maximum Gasteiger partial charge on any atom is 0.256 e. The molecule has 144 valence electrons. The van der Waals surface area contributed by atoms with E-state index < -0.39 is 5.60 Å². The van der Waals surface area contributed by atoms with Gasteiger partial charge in [0.25, 0.3) is 5.91 Å². The van der Waals surface area contributed by atoms with Crippen molar-refractivity contribution in [2.45, 2.75) is 56.5 Å². The van der Waals surface area contributed by atoms with Crippen LogP contribution in [0.4, 0.5) is 5.82 Å². The van der Waals surface area contributed by atoms with Crippen molar-refractivity contribution in [1.29, 1.82) is 0 Å². The smallest absolute Gasteiger partial charge is 0.256 e. The van der Waals surface area contributed by atoms with Crippen LogP contribution in [0.2, 0.25) is 0 Å². The number of hydrogen-bond donors (Lipinski definition) is 1.